The van der Waals surface area contributed by atoms with Crippen molar-refractivity contribution in [3.63, 3.8) is 0 Å². The van der Waals surface area contributed by atoms with E-state index in [1.807, 2.05) is 42.5 Å². The minimum atomic E-state index is 0.534. The van der Waals surface area contributed by atoms with Crippen LogP contribution in [0.5, 0.6) is 0 Å². The minimum absolute atomic E-state index is 0.534. The minimum Gasteiger partial charge on any atom is -0.411 e. The Hall–Kier alpha value is -3.00. The molecule has 0 spiro atoms. The number of benzene rings is 1. The molecule has 3 heterocycles. The summed E-state index contributed by atoms with van der Waals surface area (Å²) < 4.78 is 11.0. The van der Waals surface area contributed by atoms with Crippen LogP contribution < -0.4 is 0 Å². The Morgan fingerprint density at radius 3 is 2.62 bits per heavy atom. The first-order valence-corrected chi connectivity index (χ1v) is 9.12. The van der Waals surface area contributed by atoms with E-state index in [-0.39, 0.29) is 0 Å². The van der Waals surface area contributed by atoms with E-state index in [1.54, 1.807) is 12.4 Å². The average Bonchev–Trinajstić information content (AvgIpc) is 3.37. The summed E-state index contributed by atoms with van der Waals surface area (Å²) in [6.07, 6.45) is 4.97. The molecule has 0 amide bonds. The van der Waals surface area contributed by atoms with Crippen molar-refractivity contribution in [1.29, 1.82) is 0 Å². The smallest absolute Gasteiger partial charge is 0.276 e. The molecule has 0 saturated heterocycles. The molecule has 0 bridgehead atoms. The lowest BCUT2D eigenvalue weighted by molar-refractivity contribution is 0.378. The lowest BCUT2D eigenvalue weighted by atomic mass is 10.2. The lowest BCUT2D eigenvalue weighted by Crippen LogP contribution is -1.89. The molecule has 0 atom stereocenters. The predicted molar refractivity (Wildman–Crippen MR) is 96.3 cm³/mol. The molecule has 0 aliphatic rings. The van der Waals surface area contributed by atoms with Gasteiger partial charge in [0.2, 0.25) is 17.6 Å². The van der Waals surface area contributed by atoms with Crippen LogP contribution in [-0.2, 0) is 6.42 Å². The molecular weight excluding hydrogens is 350 g/mol. The van der Waals surface area contributed by atoms with Crippen molar-refractivity contribution in [3.8, 4) is 22.8 Å². The first kappa shape index (κ1) is 16.5. The molecule has 0 aliphatic carbocycles. The quantitative estimate of drug-likeness (QED) is 0.360. The van der Waals surface area contributed by atoms with Crippen molar-refractivity contribution >= 4 is 11.8 Å². The van der Waals surface area contributed by atoms with Crippen LogP contribution in [0.1, 0.15) is 12.3 Å². The fourth-order valence-electron chi connectivity index (χ4n) is 2.32. The van der Waals surface area contributed by atoms with Crippen molar-refractivity contribution in [3.05, 3.63) is 60.7 Å². The van der Waals surface area contributed by atoms with Gasteiger partial charge in [-0.25, -0.2) is 0 Å². The summed E-state index contributed by atoms with van der Waals surface area (Å²) in [6.45, 7) is 0. The van der Waals surface area contributed by atoms with Gasteiger partial charge in [-0.05, 0) is 30.7 Å². The average molecular weight is 365 g/mol. The molecule has 0 fully saturated rings. The highest BCUT2D eigenvalue weighted by Crippen LogP contribution is 2.23. The SMILES string of the molecule is c1ccc(-c2nnc(SCCCc3nc(-c4ccncc4)no3)o2)cc1. The standard InChI is InChI=1S/C18H15N5O2S/c1-2-5-14(6-3-1)17-21-22-18(24-17)26-12-4-7-15-20-16(23-25-15)13-8-10-19-11-9-13/h1-3,5-6,8-11H,4,7,12H2. The zero-order valence-corrected chi connectivity index (χ0v) is 14.6. The lowest BCUT2D eigenvalue weighted by Gasteiger charge is -1.95. The van der Waals surface area contributed by atoms with Crippen LogP contribution in [0.3, 0.4) is 0 Å². The van der Waals surface area contributed by atoms with E-state index >= 15 is 0 Å². The maximum Gasteiger partial charge on any atom is 0.276 e. The van der Waals surface area contributed by atoms with Crippen LogP contribution in [0.15, 0.2) is 69.0 Å². The van der Waals surface area contributed by atoms with Crippen LogP contribution in [0.2, 0.25) is 0 Å². The van der Waals surface area contributed by atoms with Crippen molar-refractivity contribution in [2.45, 2.75) is 18.1 Å². The van der Waals surface area contributed by atoms with Gasteiger partial charge in [0, 0.05) is 35.7 Å². The molecule has 8 heteroatoms. The van der Waals surface area contributed by atoms with Crippen molar-refractivity contribution in [2.75, 3.05) is 5.75 Å². The molecule has 0 unspecified atom stereocenters. The summed E-state index contributed by atoms with van der Waals surface area (Å²) in [5.41, 5.74) is 1.81. The third-order valence-corrected chi connectivity index (χ3v) is 4.50. The van der Waals surface area contributed by atoms with Crippen molar-refractivity contribution in [1.82, 2.24) is 25.3 Å². The van der Waals surface area contributed by atoms with E-state index < -0.39 is 0 Å². The van der Waals surface area contributed by atoms with E-state index in [0.29, 0.717) is 29.2 Å². The Kier molecular flexibility index (Phi) is 5.02. The number of thioether (sulfide) groups is 1. The highest BCUT2D eigenvalue weighted by Gasteiger charge is 2.10. The Balaban J connectivity index is 1.27. The number of aryl methyl sites for hydroxylation is 1. The number of hydrogen-bond donors (Lipinski definition) is 0. The first-order valence-electron chi connectivity index (χ1n) is 8.13. The second-order valence-corrected chi connectivity index (χ2v) is 6.48. The maximum atomic E-state index is 5.67. The summed E-state index contributed by atoms with van der Waals surface area (Å²) in [5.74, 6) is 2.56. The molecule has 4 rings (SSSR count). The maximum absolute atomic E-state index is 5.67. The van der Waals surface area contributed by atoms with Crippen LogP contribution in [0.25, 0.3) is 22.8 Å². The fraction of sp³-hybridized carbons (Fsp3) is 0.167. The monoisotopic (exact) mass is 365 g/mol. The Morgan fingerprint density at radius 2 is 1.77 bits per heavy atom. The summed E-state index contributed by atoms with van der Waals surface area (Å²) in [6, 6.07) is 13.4. The topological polar surface area (TPSA) is 90.7 Å². The molecular formula is C18H15N5O2S. The van der Waals surface area contributed by atoms with E-state index in [9.17, 15) is 0 Å². The Labute approximate surface area is 153 Å². The van der Waals surface area contributed by atoms with Gasteiger partial charge in [-0.1, -0.05) is 35.1 Å². The summed E-state index contributed by atoms with van der Waals surface area (Å²) in [5, 5.41) is 12.7. The number of pyridine rings is 1. The normalized spacial score (nSPS) is 10.9. The number of hydrogen-bond acceptors (Lipinski definition) is 8. The van der Waals surface area contributed by atoms with E-state index in [1.165, 1.54) is 11.8 Å². The third kappa shape index (κ3) is 3.97. The van der Waals surface area contributed by atoms with Gasteiger partial charge in [0.25, 0.3) is 5.22 Å². The van der Waals surface area contributed by atoms with Gasteiger partial charge in [-0.15, -0.1) is 10.2 Å². The van der Waals surface area contributed by atoms with Crippen LogP contribution >= 0.6 is 11.8 Å². The Bertz CT molecular complexity index is 876. The van der Waals surface area contributed by atoms with Crippen LogP contribution in [0.4, 0.5) is 0 Å². The van der Waals surface area contributed by atoms with Gasteiger partial charge < -0.3 is 8.94 Å². The molecule has 1 aromatic carbocycles. The third-order valence-electron chi connectivity index (χ3n) is 3.59. The number of rotatable bonds is 7. The van der Waals surface area contributed by atoms with Gasteiger partial charge in [0.05, 0.1) is 0 Å². The van der Waals surface area contributed by atoms with E-state index in [2.05, 4.69) is 25.3 Å². The highest BCUT2D eigenvalue weighted by atomic mass is 32.2. The predicted octanol–water partition coefficient (Wildman–Crippen LogP) is 3.91. The zero-order valence-electron chi connectivity index (χ0n) is 13.8. The van der Waals surface area contributed by atoms with Crippen molar-refractivity contribution < 1.29 is 8.94 Å². The van der Waals surface area contributed by atoms with Gasteiger partial charge >= 0.3 is 0 Å². The first-order chi connectivity index (χ1) is 12.9. The molecule has 3 aromatic heterocycles. The zero-order chi connectivity index (χ0) is 17.6. The van der Waals surface area contributed by atoms with Gasteiger partial charge in [-0.2, -0.15) is 4.98 Å². The number of aromatic nitrogens is 5. The molecule has 0 radical (unpaired) electrons. The summed E-state index contributed by atoms with van der Waals surface area (Å²) in [4.78, 5) is 8.38. The number of nitrogens with zero attached hydrogens (tertiary/aromatic N) is 5. The van der Waals surface area contributed by atoms with Gasteiger partial charge in [0.15, 0.2) is 0 Å². The second-order valence-electron chi connectivity index (χ2n) is 5.44. The van der Waals surface area contributed by atoms with Gasteiger partial charge in [-0.3, -0.25) is 4.98 Å². The molecule has 7 nitrogen and oxygen atoms in total. The van der Waals surface area contributed by atoms with Crippen molar-refractivity contribution in [2.24, 2.45) is 0 Å². The molecule has 0 saturated carbocycles. The molecule has 0 aliphatic heterocycles. The van der Waals surface area contributed by atoms with E-state index in [0.717, 1.165) is 23.3 Å². The molecule has 26 heavy (non-hydrogen) atoms. The van der Waals surface area contributed by atoms with E-state index in [4.69, 9.17) is 8.94 Å². The fourth-order valence-corrected chi connectivity index (χ4v) is 3.02. The summed E-state index contributed by atoms with van der Waals surface area (Å²) >= 11 is 1.52. The summed E-state index contributed by atoms with van der Waals surface area (Å²) in [7, 11) is 0. The Morgan fingerprint density at radius 1 is 0.923 bits per heavy atom. The second kappa shape index (κ2) is 7.92. The molecule has 0 N–H and O–H groups in total. The highest BCUT2D eigenvalue weighted by molar-refractivity contribution is 7.99. The largest absolute Gasteiger partial charge is 0.411 e. The van der Waals surface area contributed by atoms with Crippen LogP contribution in [0, 0.1) is 0 Å². The molecule has 4 aromatic rings. The van der Waals surface area contributed by atoms with Gasteiger partial charge in [0.1, 0.15) is 0 Å². The van der Waals surface area contributed by atoms with Crippen LogP contribution in [-0.4, -0.2) is 31.1 Å². The molecule has 130 valence electrons.